The fourth-order valence-corrected chi connectivity index (χ4v) is 3.54. The molecule has 3 heterocycles. The number of carbonyl (C=O) groups is 1. The van der Waals surface area contributed by atoms with Gasteiger partial charge in [-0.25, -0.2) is 4.98 Å². The number of ether oxygens (including phenoxy) is 2. The van der Waals surface area contributed by atoms with E-state index in [1.807, 2.05) is 36.5 Å². The van der Waals surface area contributed by atoms with Crippen LogP contribution in [0.5, 0.6) is 11.6 Å². The molecular weight excluding hydrogens is 366 g/mol. The summed E-state index contributed by atoms with van der Waals surface area (Å²) >= 11 is 0. The van der Waals surface area contributed by atoms with Crippen molar-refractivity contribution in [2.45, 2.75) is 18.9 Å². The molecule has 1 amide bonds. The summed E-state index contributed by atoms with van der Waals surface area (Å²) in [4.78, 5) is 21.4. The lowest BCUT2D eigenvalue weighted by Gasteiger charge is -2.31. The zero-order valence-electron chi connectivity index (χ0n) is 16.0. The van der Waals surface area contributed by atoms with Gasteiger partial charge in [-0.2, -0.15) is 0 Å². The van der Waals surface area contributed by atoms with Crippen LogP contribution in [-0.4, -0.2) is 29.1 Å². The van der Waals surface area contributed by atoms with E-state index in [-0.39, 0.29) is 11.9 Å². The molecule has 29 heavy (non-hydrogen) atoms. The van der Waals surface area contributed by atoms with Crippen LogP contribution in [0.1, 0.15) is 34.8 Å². The normalized spacial score (nSPS) is 15.4. The van der Waals surface area contributed by atoms with Crippen LogP contribution < -0.4 is 10.1 Å². The summed E-state index contributed by atoms with van der Waals surface area (Å²) in [6, 6.07) is 16.4. The van der Waals surface area contributed by atoms with Gasteiger partial charge in [0.2, 0.25) is 5.88 Å². The molecule has 1 aromatic carbocycles. The average molecular weight is 389 g/mol. The summed E-state index contributed by atoms with van der Waals surface area (Å²) in [6.07, 6.45) is 7.04. The maximum Gasteiger partial charge on any atom is 0.251 e. The summed E-state index contributed by atoms with van der Waals surface area (Å²) < 4.78 is 11.3. The van der Waals surface area contributed by atoms with E-state index >= 15 is 0 Å². The maximum atomic E-state index is 13.0. The molecule has 3 aromatic rings. The Bertz CT molecular complexity index is 928. The lowest BCUT2D eigenvalue weighted by molar-refractivity contribution is 0.0513. The van der Waals surface area contributed by atoms with Gasteiger partial charge in [0, 0.05) is 43.4 Å². The monoisotopic (exact) mass is 389 g/mol. The van der Waals surface area contributed by atoms with Crippen LogP contribution in [0.2, 0.25) is 0 Å². The second kappa shape index (κ2) is 9.30. The topological polar surface area (TPSA) is 73.3 Å². The highest BCUT2D eigenvalue weighted by Gasteiger charge is 2.27. The van der Waals surface area contributed by atoms with Crippen LogP contribution >= 0.6 is 0 Å². The van der Waals surface area contributed by atoms with Crippen molar-refractivity contribution < 1.29 is 14.3 Å². The minimum Gasteiger partial charge on any atom is -0.439 e. The smallest absolute Gasteiger partial charge is 0.251 e. The molecule has 6 nitrogen and oxygen atoms in total. The van der Waals surface area contributed by atoms with Gasteiger partial charge in [-0.15, -0.1) is 0 Å². The average Bonchev–Trinajstić information content (AvgIpc) is 2.79. The number of nitrogens with one attached hydrogen (secondary N) is 1. The first-order valence-electron chi connectivity index (χ1n) is 9.77. The highest BCUT2D eigenvalue weighted by molar-refractivity contribution is 5.94. The van der Waals surface area contributed by atoms with Crippen LogP contribution in [0.3, 0.4) is 0 Å². The molecule has 0 spiro atoms. The summed E-state index contributed by atoms with van der Waals surface area (Å²) in [5, 5.41) is 3.20. The summed E-state index contributed by atoms with van der Waals surface area (Å²) in [7, 11) is 0. The first-order valence-corrected chi connectivity index (χ1v) is 9.77. The van der Waals surface area contributed by atoms with Gasteiger partial charge < -0.3 is 14.8 Å². The molecule has 4 rings (SSSR count). The number of hydrogen-bond donors (Lipinski definition) is 1. The number of pyridine rings is 2. The van der Waals surface area contributed by atoms with Crippen LogP contribution in [0.4, 0.5) is 0 Å². The second-order valence-electron chi connectivity index (χ2n) is 6.99. The predicted molar refractivity (Wildman–Crippen MR) is 109 cm³/mol. The van der Waals surface area contributed by atoms with Crippen LogP contribution in [-0.2, 0) is 4.74 Å². The van der Waals surface area contributed by atoms with Crippen LogP contribution in [0.15, 0.2) is 73.2 Å². The molecule has 2 aromatic heterocycles. The van der Waals surface area contributed by atoms with Gasteiger partial charge >= 0.3 is 0 Å². The molecule has 0 aliphatic carbocycles. The molecule has 1 saturated heterocycles. The number of nitrogens with zero attached hydrogens (tertiary/aromatic N) is 2. The van der Waals surface area contributed by atoms with E-state index in [2.05, 4.69) is 15.3 Å². The van der Waals surface area contributed by atoms with Gasteiger partial charge in [-0.3, -0.25) is 9.78 Å². The van der Waals surface area contributed by atoms with Gasteiger partial charge in [-0.1, -0.05) is 18.2 Å². The van der Waals surface area contributed by atoms with E-state index in [4.69, 9.17) is 9.47 Å². The molecular formula is C23H23N3O3. The number of hydrogen-bond acceptors (Lipinski definition) is 5. The first-order chi connectivity index (χ1) is 14.3. The Morgan fingerprint density at radius 1 is 1.07 bits per heavy atom. The van der Waals surface area contributed by atoms with E-state index in [0.29, 0.717) is 36.3 Å². The Kier molecular flexibility index (Phi) is 6.12. The van der Waals surface area contributed by atoms with Crippen LogP contribution in [0, 0.1) is 5.92 Å². The summed E-state index contributed by atoms with van der Waals surface area (Å²) in [6.45, 7) is 1.43. The van der Waals surface area contributed by atoms with Gasteiger partial charge in [0.05, 0.1) is 6.04 Å². The standard InChI is InChI=1S/C23H23N3O3/c27-23(18-5-3-7-20(15-18)29-21-8-1-2-12-25-21)26-22(17-9-13-28-14-10-17)19-6-4-11-24-16-19/h1-8,11-12,15-17,22H,9-10,13-14H2,(H,26,27)/t22-/m1/s1. The highest BCUT2D eigenvalue weighted by Crippen LogP contribution is 2.30. The van der Waals surface area contributed by atoms with Crippen molar-refractivity contribution in [3.8, 4) is 11.6 Å². The molecule has 1 atom stereocenters. The Morgan fingerprint density at radius 3 is 2.72 bits per heavy atom. The Labute approximate surface area is 169 Å². The number of aromatic nitrogens is 2. The van der Waals surface area contributed by atoms with E-state index in [1.165, 1.54) is 0 Å². The first kappa shape index (κ1) is 19.1. The SMILES string of the molecule is O=C(N[C@@H](c1cccnc1)C1CCOCC1)c1cccc(Oc2ccccn2)c1. The number of benzene rings is 1. The van der Waals surface area contributed by atoms with Gasteiger partial charge in [0.1, 0.15) is 5.75 Å². The van der Waals surface area contributed by atoms with Crippen molar-refractivity contribution in [1.82, 2.24) is 15.3 Å². The Hall–Kier alpha value is -3.25. The van der Waals surface area contributed by atoms with Crippen molar-refractivity contribution in [2.24, 2.45) is 5.92 Å². The molecule has 1 N–H and O–H groups in total. The largest absolute Gasteiger partial charge is 0.439 e. The van der Waals surface area contributed by atoms with Crippen molar-refractivity contribution in [1.29, 1.82) is 0 Å². The fraction of sp³-hybridized carbons (Fsp3) is 0.261. The van der Waals surface area contributed by atoms with Crippen molar-refractivity contribution in [3.05, 3.63) is 84.3 Å². The molecule has 1 aliphatic heterocycles. The van der Waals surface area contributed by atoms with Crippen molar-refractivity contribution >= 4 is 5.91 Å². The molecule has 0 bridgehead atoms. The second-order valence-corrected chi connectivity index (χ2v) is 6.99. The molecule has 0 radical (unpaired) electrons. The molecule has 1 fully saturated rings. The predicted octanol–water partition coefficient (Wildman–Crippen LogP) is 4.17. The Balaban J connectivity index is 1.52. The van der Waals surface area contributed by atoms with Gasteiger partial charge in [-0.05, 0) is 54.7 Å². The zero-order chi connectivity index (χ0) is 19.9. The molecule has 1 aliphatic rings. The minimum absolute atomic E-state index is 0.111. The third-order valence-electron chi connectivity index (χ3n) is 5.02. The van der Waals surface area contributed by atoms with E-state index < -0.39 is 0 Å². The van der Waals surface area contributed by atoms with Crippen LogP contribution in [0.25, 0.3) is 0 Å². The highest BCUT2D eigenvalue weighted by atomic mass is 16.5. The zero-order valence-corrected chi connectivity index (χ0v) is 16.0. The van der Waals surface area contributed by atoms with Gasteiger partial charge in [0.25, 0.3) is 5.91 Å². The molecule has 6 heteroatoms. The van der Waals surface area contributed by atoms with E-state index in [0.717, 1.165) is 18.4 Å². The number of amides is 1. The quantitative estimate of drug-likeness (QED) is 0.685. The van der Waals surface area contributed by atoms with Crippen molar-refractivity contribution in [2.75, 3.05) is 13.2 Å². The summed E-state index contributed by atoms with van der Waals surface area (Å²) in [5.41, 5.74) is 1.55. The lowest BCUT2D eigenvalue weighted by atomic mass is 9.87. The van der Waals surface area contributed by atoms with Crippen molar-refractivity contribution in [3.63, 3.8) is 0 Å². The van der Waals surface area contributed by atoms with E-state index in [1.54, 1.807) is 36.7 Å². The fourth-order valence-electron chi connectivity index (χ4n) is 3.54. The Morgan fingerprint density at radius 2 is 1.97 bits per heavy atom. The molecule has 148 valence electrons. The summed E-state index contributed by atoms with van der Waals surface area (Å²) in [5.74, 6) is 1.22. The third-order valence-corrected chi connectivity index (χ3v) is 5.02. The molecule has 0 saturated carbocycles. The third kappa shape index (κ3) is 4.97. The number of carbonyl (C=O) groups excluding carboxylic acids is 1. The van der Waals surface area contributed by atoms with E-state index in [9.17, 15) is 4.79 Å². The van der Waals surface area contributed by atoms with Gasteiger partial charge in [0.15, 0.2) is 0 Å². The molecule has 0 unspecified atom stereocenters. The number of rotatable bonds is 6. The minimum atomic E-state index is -0.142. The maximum absolute atomic E-state index is 13.0. The lowest BCUT2D eigenvalue weighted by Crippen LogP contribution is -2.36.